The average molecular weight is 338 g/mol. The number of alkyl halides is 1. The summed E-state index contributed by atoms with van der Waals surface area (Å²) >= 11 is 3.61. The van der Waals surface area contributed by atoms with Crippen molar-refractivity contribution in [3.05, 3.63) is 30.1 Å². The van der Waals surface area contributed by atoms with Crippen molar-refractivity contribution in [3.63, 3.8) is 0 Å². The molecule has 5 heteroatoms. The van der Waals surface area contributed by atoms with Crippen molar-refractivity contribution >= 4 is 27.4 Å². The van der Waals surface area contributed by atoms with Crippen molar-refractivity contribution < 1.29 is 4.74 Å². The predicted molar refractivity (Wildman–Crippen MR) is 84.6 cm³/mol. The molecule has 2 aromatic rings. The zero-order valence-corrected chi connectivity index (χ0v) is 13.3. The molecule has 3 rings (SSSR count). The van der Waals surface area contributed by atoms with E-state index in [1.54, 1.807) is 7.11 Å². The second-order valence-corrected chi connectivity index (χ2v) is 5.91. The van der Waals surface area contributed by atoms with Crippen molar-refractivity contribution in [3.8, 4) is 0 Å². The summed E-state index contributed by atoms with van der Waals surface area (Å²) < 4.78 is 7.49. The van der Waals surface area contributed by atoms with Gasteiger partial charge in [0.1, 0.15) is 5.65 Å². The number of methoxy groups -OCH3 is 1. The first-order chi connectivity index (χ1) is 9.83. The average Bonchev–Trinajstić information content (AvgIpc) is 2.86. The van der Waals surface area contributed by atoms with Crippen LogP contribution in [0, 0.1) is 5.92 Å². The number of aromatic nitrogens is 2. The summed E-state index contributed by atoms with van der Waals surface area (Å²) in [5.74, 6) is 1.73. The smallest absolute Gasteiger partial charge is 0.152 e. The molecule has 1 unspecified atom stereocenters. The molecule has 1 atom stereocenters. The van der Waals surface area contributed by atoms with Crippen LogP contribution in [0.3, 0.4) is 0 Å². The molecule has 108 valence electrons. The first kappa shape index (κ1) is 13.9. The highest BCUT2D eigenvalue weighted by Gasteiger charge is 2.24. The molecular weight excluding hydrogens is 318 g/mol. The molecule has 1 fully saturated rings. The summed E-state index contributed by atoms with van der Waals surface area (Å²) in [6, 6.07) is 6.15. The third-order valence-electron chi connectivity index (χ3n) is 3.96. The Bertz CT molecular complexity index is 582. The maximum atomic E-state index is 5.32. The molecule has 0 aromatic carbocycles. The first-order valence-corrected chi connectivity index (χ1v) is 8.21. The molecular formula is C15H20BrN3O. The number of piperidine rings is 1. The Labute approximate surface area is 127 Å². The van der Waals surface area contributed by atoms with Gasteiger partial charge in [0, 0.05) is 31.7 Å². The predicted octanol–water partition coefficient (Wildman–Crippen LogP) is 3.09. The van der Waals surface area contributed by atoms with Crippen molar-refractivity contribution in [1.82, 2.24) is 9.38 Å². The van der Waals surface area contributed by atoms with Gasteiger partial charge in [0.15, 0.2) is 5.82 Å². The SMILES string of the molecule is COCC1CCCN(c2nc3ccccn3c2CBr)C1. The zero-order chi connectivity index (χ0) is 13.9. The number of fused-ring (bicyclic) bond motifs is 1. The molecule has 1 saturated heterocycles. The molecule has 2 aromatic heterocycles. The van der Waals surface area contributed by atoms with Crippen molar-refractivity contribution in [1.29, 1.82) is 0 Å². The van der Waals surface area contributed by atoms with Crippen LogP contribution in [0.25, 0.3) is 5.65 Å². The van der Waals surface area contributed by atoms with E-state index in [0.29, 0.717) is 5.92 Å². The number of pyridine rings is 1. The summed E-state index contributed by atoms with van der Waals surface area (Å²) in [6.07, 6.45) is 4.55. The van der Waals surface area contributed by atoms with Crippen LogP contribution in [0.15, 0.2) is 24.4 Å². The highest BCUT2D eigenvalue weighted by Crippen LogP contribution is 2.28. The second-order valence-electron chi connectivity index (χ2n) is 5.35. The number of hydrogen-bond acceptors (Lipinski definition) is 3. The Morgan fingerprint density at radius 3 is 3.15 bits per heavy atom. The maximum absolute atomic E-state index is 5.32. The summed E-state index contributed by atoms with van der Waals surface area (Å²) in [5.41, 5.74) is 2.25. The topological polar surface area (TPSA) is 29.8 Å². The molecule has 3 heterocycles. The Morgan fingerprint density at radius 1 is 1.45 bits per heavy atom. The van der Waals surface area contributed by atoms with Crippen LogP contribution in [-0.2, 0) is 10.1 Å². The molecule has 0 aliphatic carbocycles. The van der Waals surface area contributed by atoms with Gasteiger partial charge in [-0.1, -0.05) is 22.0 Å². The number of hydrogen-bond donors (Lipinski definition) is 0. The minimum Gasteiger partial charge on any atom is -0.384 e. The van der Waals surface area contributed by atoms with Crippen LogP contribution in [0.5, 0.6) is 0 Å². The number of ether oxygens (including phenoxy) is 1. The van der Waals surface area contributed by atoms with E-state index in [2.05, 4.69) is 43.6 Å². The van der Waals surface area contributed by atoms with Crippen LogP contribution < -0.4 is 4.90 Å². The van der Waals surface area contributed by atoms with Crippen LogP contribution in [0.4, 0.5) is 5.82 Å². The fourth-order valence-corrected chi connectivity index (χ4v) is 3.56. The fraction of sp³-hybridized carbons (Fsp3) is 0.533. The number of imidazole rings is 1. The van der Waals surface area contributed by atoms with Crippen molar-refractivity contribution in [2.75, 3.05) is 31.7 Å². The van der Waals surface area contributed by atoms with Gasteiger partial charge < -0.3 is 14.0 Å². The zero-order valence-electron chi connectivity index (χ0n) is 11.8. The minimum absolute atomic E-state index is 0.613. The molecule has 0 amide bonds. The third kappa shape index (κ3) is 2.56. The normalized spacial score (nSPS) is 19.7. The number of halogens is 1. The Balaban J connectivity index is 1.92. The second kappa shape index (κ2) is 6.14. The lowest BCUT2D eigenvalue weighted by Gasteiger charge is -2.33. The first-order valence-electron chi connectivity index (χ1n) is 7.09. The van der Waals surface area contributed by atoms with Gasteiger partial charge in [0.2, 0.25) is 0 Å². The standard InChI is InChI=1S/C15H20BrN3O/c1-20-11-12-5-4-7-18(10-12)15-13(9-16)19-8-3-2-6-14(19)17-15/h2-3,6,8,12H,4-5,7,9-11H2,1H3. The number of nitrogens with zero attached hydrogens (tertiary/aromatic N) is 3. The van der Waals surface area contributed by atoms with E-state index in [0.717, 1.165) is 36.5 Å². The summed E-state index contributed by atoms with van der Waals surface area (Å²) in [6.45, 7) is 2.97. The third-order valence-corrected chi connectivity index (χ3v) is 4.49. The number of rotatable bonds is 4. The maximum Gasteiger partial charge on any atom is 0.152 e. The Morgan fingerprint density at radius 2 is 2.35 bits per heavy atom. The van der Waals surface area contributed by atoms with Gasteiger partial charge in [-0.25, -0.2) is 4.98 Å². The van der Waals surface area contributed by atoms with E-state index >= 15 is 0 Å². The lowest BCUT2D eigenvalue weighted by atomic mass is 9.99. The van der Waals surface area contributed by atoms with E-state index in [4.69, 9.17) is 9.72 Å². The van der Waals surface area contributed by atoms with E-state index in [1.807, 2.05) is 6.07 Å². The lowest BCUT2D eigenvalue weighted by Crippen LogP contribution is -2.37. The van der Waals surface area contributed by atoms with E-state index in [-0.39, 0.29) is 0 Å². The molecule has 0 N–H and O–H groups in total. The summed E-state index contributed by atoms with van der Waals surface area (Å²) in [4.78, 5) is 7.23. The van der Waals surface area contributed by atoms with Gasteiger partial charge in [-0.15, -0.1) is 0 Å². The Kier molecular flexibility index (Phi) is 4.27. The van der Waals surface area contributed by atoms with Crippen LogP contribution in [-0.4, -0.2) is 36.2 Å². The molecule has 1 aliphatic heterocycles. The lowest BCUT2D eigenvalue weighted by molar-refractivity contribution is 0.143. The monoisotopic (exact) mass is 337 g/mol. The van der Waals surface area contributed by atoms with Gasteiger partial charge in [0.05, 0.1) is 12.3 Å². The van der Waals surface area contributed by atoms with Crippen molar-refractivity contribution in [2.24, 2.45) is 5.92 Å². The molecule has 0 bridgehead atoms. The number of anilines is 1. The van der Waals surface area contributed by atoms with Crippen LogP contribution in [0.1, 0.15) is 18.5 Å². The van der Waals surface area contributed by atoms with Gasteiger partial charge in [-0.3, -0.25) is 0 Å². The quantitative estimate of drug-likeness (QED) is 0.803. The van der Waals surface area contributed by atoms with E-state index < -0.39 is 0 Å². The van der Waals surface area contributed by atoms with Crippen LogP contribution >= 0.6 is 15.9 Å². The highest BCUT2D eigenvalue weighted by molar-refractivity contribution is 9.08. The molecule has 1 aliphatic rings. The molecule has 20 heavy (non-hydrogen) atoms. The highest BCUT2D eigenvalue weighted by atomic mass is 79.9. The summed E-state index contributed by atoms with van der Waals surface area (Å²) in [7, 11) is 1.79. The summed E-state index contributed by atoms with van der Waals surface area (Å²) in [5, 5.41) is 0.818. The van der Waals surface area contributed by atoms with Crippen molar-refractivity contribution in [2.45, 2.75) is 18.2 Å². The van der Waals surface area contributed by atoms with Gasteiger partial charge in [-0.05, 0) is 30.9 Å². The van der Waals surface area contributed by atoms with Gasteiger partial charge in [-0.2, -0.15) is 0 Å². The molecule has 4 nitrogen and oxygen atoms in total. The minimum atomic E-state index is 0.613. The van der Waals surface area contributed by atoms with Crippen LogP contribution in [0.2, 0.25) is 0 Å². The molecule has 0 radical (unpaired) electrons. The molecule has 0 spiro atoms. The van der Waals surface area contributed by atoms with Gasteiger partial charge in [0.25, 0.3) is 0 Å². The Hall–Kier alpha value is -1.07. The largest absolute Gasteiger partial charge is 0.384 e. The van der Waals surface area contributed by atoms with E-state index in [9.17, 15) is 0 Å². The van der Waals surface area contributed by atoms with E-state index in [1.165, 1.54) is 18.5 Å². The van der Waals surface area contributed by atoms with Gasteiger partial charge >= 0.3 is 0 Å². The fourth-order valence-electron chi connectivity index (χ4n) is 3.04. The molecule has 0 saturated carbocycles.